The molecule has 0 saturated heterocycles. The van der Waals surface area contributed by atoms with Gasteiger partial charge in [-0.3, -0.25) is 0 Å². The lowest BCUT2D eigenvalue weighted by molar-refractivity contribution is -0.133. The van der Waals surface area contributed by atoms with Crippen LogP contribution in [0.4, 0.5) is 0 Å². The molecule has 0 saturated carbocycles. The van der Waals surface area contributed by atoms with E-state index in [0.29, 0.717) is 0 Å². The molecule has 0 heterocycles. The van der Waals surface area contributed by atoms with Crippen molar-refractivity contribution in [2.75, 3.05) is 39.6 Å². The van der Waals surface area contributed by atoms with Crippen LogP contribution in [-0.4, -0.2) is 92.4 Å². The van der Waals surface area contributed by atoms with Gasteiger partial charge in [-0.1, -0.05) is 13.2 Å². The van der Waals surface area contributed by atoms with E-state index in [9.17, 15) is 9.59 Å². The fourth-order valence-electron chi connectivity index (χ4n) is 0. The quantitative estimate of drug-likeness (QED) is 0.260. The summed E-state index contributed by atoms with van der Waals surface area (Å²) in [6.07, 6.45) is 0. The standard InChI is InChI=1S/2C4H6O2.3C2H6O2/c2*1-3(2)4(5)6;3*3-1-2-4/h2*1H2,2H3,(H,5,6);3*3-4H,1-2H2. The predicted octanol–water partition coefficient (Wildman–Crippen LogP) is -1.79. The lowest BCUT2D eigenvalue weighted by Gasteiger charge is -1.79. The van der Waals surface area contributed by atoms with E-state index in [4.69, 9.17) is 40.9 Å². The summed E-state index contributed by atoms with van der Waals surface area (Å²) in [7, 11) is 0. The zero-order valence-electron chi connectivity index (χ0n) is 14.1. The third-order valence-corrected chi connectivity index (χ3v) is 1.03. The summed E-state index contributed by atoms with van der Waals surface area (Å²) in [5, 5.41) is 61.5. The van der Waals surface area contributed by atoms with E-state index in [2.05, 4.69) is 13.2 Å². The molecular formula is C14H30O10. The van der Waals surface area contributed by atoms with Gasteiger partial charge in [0.2, 0.25) is 0 Å². The van der Waals surface area contributed by atoms with Gasteiger partial charge in [-0.2, -0.15) is 0 Å². The molecule has 10 nitrogen and oxygen atoms in total. The molecule has 0 radical (unpaired) electrons. The Hall–Kier alpha value is -1.82. The van der Waals surface area contributed by atoms with Crippen LogP contribution in [0.2, 0.25) is 0 Å². The number of hydrogen-bond acceptors (Lipinski definition) is 8. The maximum atomic E-state index is 9.60. The van der Waals surface area contributed by atoms with Crippen molar-refractivity contribution in [1.82, 2.24) is 0 Å². The highest BCUT2D eigenvalue weighted by Gasteiger charge is 1.90. The summed E-state index contributed by atoms with van der Waals surface area (Å²) in [4.78, 5) is 19.2. The monoisotopic (exact) mass is 358 g/mol. The predicted molar refractivity (Wildman–Crippen MR) is 87.4 cm³/mol. The Bertz CT molecular complexity index is 238. The average molecular weight is 358 g/mol. The third kappa shape index (κ3) is 88.1. The molecule has 0 rings (SSSR count). The molecule has 8 N–H and O–H groups in total. The average Bonchev–Trinajstić information content (AvgIpc) is 2.55. The molecule has 0 aromatic heterocycles. The second-order valence-corrected chi connectivity index (χ2v) is 3.51. The molecule has 0 bridgehead atoms. The van der Waals surface area contributed by atoms with Gasteiger partial charge in [-0.25, -0.2) is 9.59 Å². The van der Waals surface area contributed by atoms with Crippen molar-refractivity contribution < 1.29 is 50.4 Å². The zero-order valence-corrected chi connectivity index (χ0v) is 14.1. The summed E-state index contributed by atoms with van der Waals surface area (Å²) in [5.74, 6) is -1.87. The van der Waals surface area contributed by atoms with Gasteiger partial charge in [0.05, 0.1) is 39.6 Å². The fraction of sp³-hybridized carbons (Fsp3) is 0.571. The number of aliphatic hydroxyl groups excluding tert-OH is 6. The van der Waals surface area contributed by atoms with Crippen LogP contribution in [0.5, 0.6) is 0 Å². The number of carboxylic acids is 2. The van der Waals surface area contributed by atoms with Crippen molar-refractivity contribution in [3.05, 3.63) is 24.3 Å². The van der Waals surface area contributed by atoms with E-state index < -0.39 is 11.9 Å². The maximum absolute atomic E-state index is 9.60. The summed E-state index contributed by atoms with van der Waals surface area (Å²) < 4.78 is 0. The van der Waals surface area contributed by atoms with E-state index >= 15 is 0 Å². The number of aliphatic carboxylic acids is 2. The maximum Gasteiger partial charge on any atom is 0.330 e. The first-order chi connectivity index (χ1) is 11.0. The van der Waals surface area contributed by atoms with E-state index in [1.807, 2.05) is 0 Å². The van der Waals surface area contributed by atoms with Crippen LogP contribution < -0.4 is 0 Å². The van der Waals surface area contributed by atoms with Crippen LogP contribution in [0.1, 0.15) is 13.8 Å². The molecule has 10 heteroatoms. The van der Waals surface area contributed by atoms with Crippen molar-refractivity contribution in [3.8, 4) is 0 Å². The lowest BCUT2D eigenvalue weighted by atomic mass is 10.4. The molecular weight excluding hydrogens is 328 g/mol. The van der Waals surface area contributed by atoms with Crippen molar-refractivity contribution in [3.63, 3.8) is 0 Å². The minimum atomic E-state index is -0.935. The minimum Gasteiger partial charge on any atom is -0.478 e. The van der Waals surface area contributed by atoms with Crippen LogP contribution in [0.3, 0.4) is 0 Å². The molecule has 0 aromatic rings. The first kappa shape index (κ1) is 33.7. The Morgan fingerprint density at radius 3 is 0.667 bits per heavy atom. The topological polar surface area (TPSA) is 196 Å². The molecule has 24 heavy (non-hydrogen) atoms. The van der Waals surface area contributed by atoms with Gasteiger partial charge in [0.25, 0.3) is 0 Å². The third-order valence-electron chi connectivity index (χ3n) is 1.03. The van der Waals surface area contributed by atoms with Gasteiger partial charge in [0, 0.05) is 11.1 Å². The number of aliphatic hydroxyl groups is 6. The molecule has 0 aliphatic heterocycles. The Morgan fingerprint density at radius 2 is 0.667 bits per heavy atom. The number of hydrogen-bond donors (Lipinski definition) is 8. The zero-order chi connectivity index (χ0) is 20.6. The van der Waals surface area contributed by atoms with Gasteiger partial charge < -0.3 is 40.9 Å². The van der Waals surface area contributed by atoms with Gasteiger partial charge in [0.1, 0.15) is 0 Å². The Morgan fingerprint density at radius 1 is 0.583 bits per heavy atom. The van der Waals surface area contributed by atoms with E-state index in [1.165, 1.54) is 13.8 Å². The number of rotatable bonds is 5. The smallest absolute Gasteiger partial charge is 0.330 e. The van der Waals surface area contributed by atoms with Crippen molar-refractivity contribution in [1.29, 1.82) is 0 Å². The molecule has 0 fully saturated rings. The number of carboxylic acid groups (broad SMARTS) is 2. The first-order valence-electron chi connectivity index (χ1n) is 6.46. The van der Waals surface area contributed by atoms with Crippen LogP contribution >= 0.6 is 0 Å². The largest absolute Gasteiger partial charge is 0.478 e. The molecule has 0 spiro atoms. The highest BCUT2D eigenvalue weighted by molar-refractivity contribution is 5.85. The first-order valence-corrected chi connectivity index (χ1v) is 6.46. The van der Waals surface area contributed by atoms with Crippen LogP contribution in [0, 0.1) is 0 Å². The van der Waals surface area contributed by atoms with Crippen LogP contribution in [0.25, 0.3) is 0 Å². The fourth-order valence-corrected chi connectivity index (χ4v) is 0. The Balaban J connectivity index is -0.0000000637. The van der Waals surface area contributed by atoms with Gasteiger partial charge in [0.15, 0.2) is 0 Å². The van der Waals surface area contributed by atoms with Gasteiger partial charge in [-0.15, -0.1) is 0 Å². The van der Waals surface area contributed by atoms with E-state index in [1.54, 1.807) is 0 Å². The minimum absolute atomic E-state index is 0.125. The Labute approximate surface area is 141 Å². The van der Waals surface area contributed by atoms with E-state index in [-0.39, 0.29) is 50.8 Å². The van der Waals surface area contributed by atoms with Gasteiger partial charge in [-0.05, 0) is 13.8 Å². The van der Waals surface area contributed by atoms with Crippen LogP contribution in [-0.2, 0) is 9.59 Å². The molecule has 0 aromatic carbocycles. The molecule has 0 unspecified atom stereocenters. The summed E-state index contributed by atoms with van der Waals surface area (Å²) >= 11 is 0. The second-order valence-electron chi connectivity index (χ2n) is 3.51. The summed E-state index contributed by atoms with van der Waals surface area (Å²) in [6.45, 7) is 8.45. The molecule has 146 valence electrons. The summed E-state index contributed by atoms with van der Waals surface area (Å²) in [5.41, 5.74) is 0.352. The van der Waals surface area contributed by atoms with Crippen molar-refractivity contribution in [2.24, 2.45) is 0 Å². The highest BCUT2D eigenvalue weighted by atomic mass is 16.4. The molecule has 0 aliphatic carbocycles. The Kier molecular flexibility index (Phi) is 46.3. The molecule has 0 amide bonds. The summed E-state index contributed by atoms with van der Waals surface area (Å²) in [6, 6.07) is 0. The lowest BCUT2D eigenvalue weighted by Crippen LogP contribution is -1.92. The van der Waals surface area contributed by atoms with E-state index in [0.717, 1.165) is 0 Å². The highest BCUT2D eigenvalue weighted by Crippen LogP contribution is 1.81. The number of carbonyl (C=O) groups is 2. The van der Waals surface area contributed by atoms with Gasteiger partial charge >= 0.3 is 11.9 Å². The normalized spacial score (nSPS) is 7.50. The molecule has 0 atom stereocenters. The SMILES string of the molecule is C=C(C)C(=O)O.C=C(C)C(=O)O.OCCO.OCCO.OCCO. The van der Waals surface area contributed by atoms with Crippen molar-refractivity contribution in [2.45, 2.75) is 13.8 Å². The van der Waals surface area contributed by atoms with Crippen molar-refractivity contribution >= 4 is 11.9 Å². The molecule has 0 aliphatic rings. The van der Waals surface area contributed by atoms with Crippen LogP contribution in [0.15, 0.2) is 24.3 Å². The second kappa shape index (κ2) is 32.9.